The van der Waals surface area contributed by atoms with Gasteiger partial charge in [0, 0.05) is 13.0 Å². The minimum Gasteiger partial charge on any atom is -0.457 e. The number of quaternary nitrogens is 1. The minimum atomic E-state index is -4.26. The Labute approximate surface area is 316 Å². The van der Waals surface area contributed by atoms with Crippen molar-refractivity contribution < 1.29 is 37.3 Å². The Hall–Kier alpha value is -0.760. The molecule has 0 heterocycles. The van der Waals surface area contributed by atoms with Crippen molar-refractivity contribution >= 4 is 13.8 Å². The number of nitrogens with zero attached hydrogens (tertiary/aromatic N) is 1. The number of phosphoric ester groups is 1. The Morgan fingerprint density at radius 3 is 1.49 bits per heavy atom. The fraction of sp³-hybridized carbons (Fsp3) is 0.929. The number of rotatable bonds is 40. The van der Waals surface area contributed by atoms with Crippen LogP contribution in [0.1, 0.15) is 194 Å². The number of hydrogen-bond acceptors (Lipinski definition) is 6. The molecule has 0 fully saturated rings. The van der Waals surface area contributed by atoms with E-state index in [1.165, 1.54) is 141 Å². The molecule has 0 aromatic rings. The van der Waals surface area contributed by atoms with E-state index in [0.29, 0.717) is 24.1 Å². The third-order valence-electron chi connectivity index (χ3n) is 9.33. The third-order valence-corrected chi connectivity index (χ3v) is 10.3. The summed E-state index contributed by atoms with van der Waals surface area (Å²) in [5.41, 5.74) is 0. The van der Waals surface area contributed by atoms with Crippen LogP contribution in [0.15, 0.2) is 12.2 Å². The van der Waals surface area contributed by atoms with Crippen molar-refractivity contribution in [1.82, 2.24) is 0 Å². The molecular formula is C42H85NO7P+. The largest absolute Gasteiger partial charge is 0.472 e. The lowest BCUT2D eigenvalue weighted by molar-refractivity contribution is -0.870. The van der Waals surface area contributed by atoms with Crippen molar-refractivity contribution in [2.45, 2.75) is 200 Å². The normalized spacial score (nSPS) is 13.9. The number of likely N-dealkylation sites (N-methyl/N-ethyl adjacent to an activating group) is 1. The fourth-order valence-electron chi connectivity index (χ4n) is 5.96. The maximum absolute atomic E-state index is 12.5. The van der Waals surface area contributed by atoms with Crippen molar-refractivity contribution in [2.75, 3.05) is 54.1 Å². The monoisotopic (exact) mass is 747 g/mol. The third kappa shape index (κ3) is 40.3. The van der Waals surface area contributed by atoms with E-state index in [2.05, 4.69) is 26.0 Å². The van der Waals surface area contributed by atoms with Crippen molar-refractivity contribution in [3.05, 3.63) is 12.2 Å². The predicted octanol–water partition coefficient (Wildman–Crippen LogP) is 12.3. The average molecular weight is 747 g/mol. The fourth-order valence-corrected chi connectivity index (χ4v) is 6.70. The number of carbonyl (C=O) groups is 1. The summed E-state index contributed by atoms with van der Waals surface area (Å²) in [6, 6.07) is 0. The average Bonchev–Trinajstić information content (AvgIpc) is 3.08. The maximum Gasteiger partial charge on any atom is 0.472 e. The summed E-state index contributed by atoms with van der Waals surface area (Å²) >= 11 is 0. The molecule has 1 N–H and O–H groups in total. The Bertz CT molecular complexity index is 833. The molecule has 0 rings (SSSR count). The van der Waals surface area contributed by atoms with Gasteiger partial charge in [-0.05, 0) is 38.5 Å². The standard InChI is InChI=1S/C42H84NO7P/c1-6-8-10-12-14-15-16-17-18-19-20-21-22-23-24-25-26-27-28-30-32-34-37-47-39-41(40-49-51(45,46)48-38-36-43(3,4)5)50-42(44)35-33-31-29-13-11-9-7-2/h19-20,41H,6-18,21-40H2,1-5H3/p+1/b20-19-. The van der Waals surface area contributed by atoms with Crippen LogP contribution in [-0.4, -0.2) is 75.6 Å². The van der Waals surface area contributed by atoms with Gasteiger partial charge in [-0.15, -0.1) is 0 Å². The highest BCUT2D eigenvalue weighted by atomic mass is 31.2. The summed E-state index contributed by atoms with van der Waals surface area (Å²) in [6.45, 7) is 5.60. The molecule has 0 radical (unpaired) electrons. The van der Waals surface area contributed by atoms with Crippen LogP contribution < -0.4 is 0 Å². The van der Waals surface area contributed by atoms with Gasteiger partial charge >= 0.3 is 13.8 Å². The molecule has 0 aliphatic rings. The van der Waals surface area contributed by atoms with Crippen LogP contribution >= 0.6 is 7.82 Å². The molecule has 0 aromatic heterocycles. The van der Waals surface area contributed by atoms with Crippen LogP contribution in [0.3, 0.4) is 0 Å². The Morgan fingerprint density at radius 1 is 0.588 bits per heavy atom. The second-order valence-corrected chi connectivity index (χ2v) is 17.2. The molecule has 304 valence electrons. The smallest absolute Gasteiger partial charge is 0.457 e. The molecule has 0 spiro atoms. The van der Waals surface area contributed by atoms with E-state index < -0.39 is 13.9 Å². The van der Waals surface area contributed by atoms with Gasteiger partial charge in [-0.3, -0.25) is 13.8 Å². The summed E-state index contributed by atoms with van der Waals surface area (Å²) in [5.74, 6) is -0.319. The van der Waals surface area contributed by atoms with Crippen LogP contribution in [0.25, 0.3) is 0 Å². The summed E-state index contributed by atoms with van der Waals surface area (Å²) in [5, 5.41) is 0. The molecule has 0 aliphatic carbocycles. The zero-order chi connectivity index (χ0) is 37.7. The number of hydrogen-bond donors (Lipinski definition) is 1. The Balaban J connectivity index is 4.01. The Morgan fingerprint density at radius 2 is 1.02 bits per heavy atom. The highest BCUT2D eigenvalue weighted by Crippen LogP contribution is 2.43. The quantitative estimate of drug-likeness (QED) is 0.0219. The van der Waals surface area contributed by atoms with E-state index in [4.69, 9.17) is 18.5 Å². The predicted molar refractivity (Wildman–Crippen MR) is 215 cm³/mol. The van der Waals surface area contributed by atoms with Crippen molar-refractivity contribution in [2.24, 2.45) is 0 Å². The summed E-state index contributed by atoms with van der Waals surface area (Å²) < 4.78 is 34.8. The molecule has 51 heavy (non-hydrogen) atoms. The summed E-state index contributed by atoms with van der Waals surface area (Å²) in [6.07, 6.45) is 38.4. The van der Waals surface area contributed by atoms with E-state index in [-0.39, 0.29) is 25.8 Å². The highest BCUT2D eigenvalue weighted by Gasteiger charge is 2.26. The lowest BCUT2D eigenvalue weighted by Crippen LogP contribution is -2.37. The maximum atomic E-state index is 12.5. The molecule has 0 saturated carbocycles. The van der Waals surface area contributed by atoms with Crippen LogP contribution in [0.4, 0.5) is 0 Å². The second kappa shape index (κ2) is 36.2. The van der Waals surface area contributed by atoms with Gasteiger partial charge in [0.25, 0.3) is 0 Å². The first kappa shape index (κ1) is 50.2. The van der Waals surface area contributed by atoms with E-state index in [0.717, 1.165) is 32.1 Å². The van der Waals surface area contributed by atoms with Gasteiger partial charge in [0.15, 0.2) is 0 Å². The van der Waals surface area contributed by atoms with Gasteiger partial charge in [-0.25, -0.2) is 4.57 Å². The van der Waals surface area contributed by atoms with Crippen LogP contribution in [0.5, 0.6) is 0 Å². The molecule has 0 amide bonds. The molecule has 2 atom stereocenters. The van der Waals surface area contributed by atoms with Crippen LogP contribution in [-0.2, 0) is 27.9 Å². The number of phosphoric acid groups is 1. The van der Waals surface area contributed by atoms with Crippen molar-refractivity contribution in [3.8, 4) is 0 Å². The lowest BCUT2D eigenvalue weighted by Gasteiger charge is -2.24. The number of esters is 1. The van der Waals surface area contributed by atoms with Gasteiger partial charge in [0.1, 0.15) is 19.3 Å². The molecule has 0 aromatic carbocycles. The molecule has 9 heteroatoms. The molecule has 2 unspecified atom stereocenters. The van der Waals surface area contributed by atoms with Crippen LogP contribution in [0, 0.1) is 0 Å². The summed E-state index contributed by atoms with van der Waals surface area (Å²) in [4.78, 5) is 22.7. The van der Waals surface area contributed by atoms with Gasteiger partial charge < -0.3 is 18.9 Å². The summed E-state index contributed by atoms with van der Waals surface area (Å²) in [7, 11) is 1.67. The van der Waals surface area contributed by atoms with E-state index >= 15 is 0 Å². The van der Waals surface area contributed by atoms with Crippen molar-refractivity contribution in [1.29, 1.82) is 0 Å². The minimum absolute atomic E-state index is 0.0911. The highest BCUT2D eigenvalue weighted by molar-refractivity contribution is 7.47. The van der Waals surface area contributed by atoms with Gasteiger partial charge in [-0.1, -0.05) is 161 Å². The van der Waals surface area contributed by atoms with E-state index in [1.807, 2.05) is 21.1 Å². The second-order valence-electron chi connectivity index (χ2n) is 15.7. The zero-order valence-electron chi connectivity index (χ0n) is 34.4. The van der Waals surface area contributed by atoms with Gasteiger partial charge in [0.05, 0.1) is 34.4 Å². The number of allylic oxidation sites excluding steroid dienone is 2. The lowest BCUT2D eigenvalue weighted by atomic mass is 10.1. The van der Waals surface area contributed by atoms with Crippen molar-refractivity contribution in [3.63, 3.8) is 0 Å². The van der Waals surface area contributed by atoms with E-state index in [9.17, 15) is 14.3 Å². The SMILES string of the molecule is CCCCCCCCCC/C=C\CCCCCCCCCCCCOCC(COP(=O)(O)OCC[N+](C)(C)C)OC(=O)CCCCCCCCC. The first-order valence-electron chi connectivity index (χ1n) is 21.4. The van der Waals surface area contributed by atoms with Crippen LogP contribution in [0.2, 0.25) is 0 Å². The number of carbonyl (C=O) groups excluding carboxylic acids is 1. The Kier molecular flexibility index (Phi) is 35.7. The molecule has 0 bridgehead atoms. The number of ether oxygens (including phenoxy) is 2. The van der Waals surface area contributed by atoms with E-state index in [1.54, 1.807) is 0 Å². The molecular weight excluding hydrogens is 661 g/mol. The molecule has 0 saturated heterocycles. The first-order valence-corrected chi connectivity index (χ1v) is 22.9. The van der Waals surface area contributed by atoms with Gasteiger partial charge in [0.2, 0.25) is 0 Å². The topological polar surface area (TPSA) is 91.3 Å². The molecule has 0 aliphatic heterocycles. The number of unbranched alkanes of at least 4 members (excludes halogenated alkanes) is 24. The molecule has 8 nitrogen and oxygen atoms in total. The first-order chi connectivity index (χ1) is 24.6. The zero-order valence-corrected chi connectivity index (χ0v) is 35.3. The van der Waals surface area contributed by atoms with Gasteiger partial charge in [-0.2, -0.15) is 0 Å².